The molecule has 0 N–H and O–H groups in total. The smallest absolute Gasteiger partial charge is 0.159 e. The minimum atomic E-state index is -0.709. The highest BCUT2D eigenvalue weighted by molar-refractivity contribution is 6.59. The van der Waals surface area contributed by atoms with Gasteiger partial charge in [0.05, 0.1) is 0 Å². The number of benzene rings is 1. The molecule has 2 aliphatic rings. The van der Waals surface area contributed by atoms with E-state index in [1.165, 1.54) is 81.6 Å². The Kier molecular flexibility index (Phi) is 6.35. The van der Waals surface area contributed by atoms with Crippen molar-refractivity contribution in [2.45, 2.75) is 88.8 Å². The molecule has 0 aromatic heterocycles. The highest BCUT2D eigenvalue weighted by Crippen LogP contribution is 2.50. The molecular formula is C22H34F2Si. The first-order valence-electron chi connectivity index (χ1n) is 10.5. The summed E-state index contributed by atoms with van der Waals surface area (Å²) < 4.78 is 27.4. The average Bonchev–Trinajstić information content (AvgIpc) is 2.63. The lowest BCUT2D eigenvalue weighted by atomic mass is 9.60. The van der Waals surface area contributed by atoms with Crippen LogP contribution in [0.4, 0.5) is 8.78 Å². The first-order chi connectivity index (χ1) is 12.0. The van der Waals surface area contributed by atoms with Gasteiger partial charge in [0.2, 0.25) is 0 Å². The second-order valence-corrected chi connectivity index (χ2v) is 12.5. The first-order valence-corrected chi connectivity index (χ1v) is 12.9. The summed E-state index contributed by atoms with van der Waals surface area (Å²) in [7, 11) is -0.552. The summed E-state index contributed by atoms with van der Waals surface area (Å²) >= 11 is 0. The molecule has 1 aliphatic carbocycles. The summed E-state index contributed by atoms with van der Waals surface area (Å²) in [6.45, 7) is 4.67. The van der Waals surface area contributed by atoms with Gasteiger partial charge in [-0.25, -0.2) is 8.78 Å². The molecule has 2 fully saturated rings. The van der Waals surface area contributed by atoms with Gasteiger partial charge in [-0.15, -0.1) is 0 Å². The van der Waals surface area contributed by atoms with Crippen LogP contribution in [0.2, 0.25) is 18.1 Å². The predicted octanol–water partition coefficient (Wildman–Crippen LogP) is 6.85. The van der Waals surface area contributed by atoms with Gasteiger partial charge < -0.3 is 0 Å². The van der Waals surface area contributed by atoms with Crippen molar-refractivity contribution in [1.29, 1.82) is 0 Å². The van der Waals surface area contributed by atoms with E-state index in [4.69, 9.17) is 0 Å². The lowest BCUT2D eigenvalue weighted by Gasteiger charge is -2.47. The van der Waals surface area contributed by atoms with E-state index in [0.29, 0.717) is 5.92 Å². The van der Waals surface area contributed by atoms with E-state index in [1.807, 2.05) is 6.07 Å². The molecule has 1 saturated carbocycles. The molecule has 1 aromatic carbocycles. The minimum Gasteiger partial charge on any atom is -0.204 e. The second-order valence-electron chi connectivity index (χ2n) is 9.03. The standard InChI is InChI=1S/C22H34F2Si/c1-17(2)8-13-25-14-9-18(10-15-25)22(11-4-3-5-12-22)19-6-7-20(23)21(24)16-19/h6-7,16-18,25H,3-5,8-15H2,1-2H3. The van der Waals surface area contributed by atoms with Gasteiger partial charge in [-0.05, 0) is 47.8 Å². The van der Waals surface area contributed by atoms with Crippen molar-refractivity contribution < 1.29 is 8.78 Å². The second kappa shape index (κ2) is 8.33. The summed E-state index contributed by atoms with van der Waals surface area (Å²) in [5.74, 6) is 0.138. The number of hydrogen-bond acceptors (Lipinski definition) is 0. The van der Waals surface area contributed by atoms with E-state index in [-0.39, 0.29) is 5.41 Å². The molecule has 140 valence electrons. The van der Waals surface area contributed by atoms with Crippen LogP contribution in [0.25, 0.3) is 0 Å². The zero-order valence-corrected chi connectivity index (χ0v) is 17.2. The van der Waals surface area contributed by atoms with Crippen molar-refractivity contribution in [3.05, 3.63) is 35.4 Å². The lowest BCUT2D eigenvalue weighted by molar-refractivity contribution is 0.174. The van der Waals surface area contributed by atoms with Gasteiger partial charge in [-0.3, -0.25) is 0 Å². The Morgan fingerprint density at radius 3 is 2.32 bits per heavy atom. The van der Waals surface area contributed by atoms with Crippen molar-refractivity contribution in [2.24, 2.45) is 11.8 Å². The van der Waals surface area contributed by atoms with Crippen LogP contribution in [0, 0.1) is 23.5 Å². The van der Waals surface area contributed by atoms with Crippen LogP contribution in [0.1, 0.15) is 70.8 Å². The zero-order chi connectivity index (χ0) is 17.9. The van der Waals surface area contributed by atoms with E-state index in [2.05, 4.69) is 13.8 Å². The molecule has 1 aliphatic heterocycles. The van der Waals surface area contributed by atoms with Crippen molar-refractivity contribution in [2.75, 3.05) is 0 Å². The van der Waals surface area contributed by atoms with Crippen molar-refractivity contribution >= 4 is 8.80 Å². The summed E-state index contributed by atoms with van der Waals surface area (Å²) in [5, 5.41) is 0. The van der Waals surface area contributed by atoms with Crippen LogP contribution in [-0.4, -0.2) is 8.80 Å². The van der Waals surface area contributed by atoms with Gasteiger partial charge in [-0.2, -0.15) is 0 Å². The monoisotopic (exact) mass is 364 g/mol. The van der Waals surface area contributed by atoms with Gasteiger partial charge >= 0.3 is 0 Å². The topological polar surface area (TPSA) is 0 Å². The van der Waals surface area contributed by atoms with Crippen molar-refractivity contribution in [3.8, 4) is 0 Å². The molecule has 25 heavy (non-hydrogen) atoms. The summed E-state index contributed by atoms with van der Waals surface area (Å²) in [6, 6.07) is 9.17. The Bertz CT molecular complexity index is 555. The number of rotatable bonds is 5. The van der Waals surface area contributed by atoms with Crippen LogP contribution < -0.4 is 0 Å². The molecule has 0 amide bonds. The Labute approximate surface area is 154 Å². The van der Waals surface area contributed by atoms with Crippen molar-refractivity contribution in [1.82, 2.24) is 0 Å². The van der Waals surface area contributed by atoms with E-state index in [1.54, 1.807) is 0 Å². The van der Waals surface area contributed by atoms with Gasteiger partial charge in [-0.1, -0.05) is 76.6 Å². The Morgan fingerprint density at radius 2 is 1.72 bits per heavy atom. The highest BCUT2D eigenvalue weighted by atomic mass is 28.3. The lowest BCUT2D eigenvalue weighted by Crippen LogP contribution is -2.40. The molecule has 3 heteroatoms. The third-order valence-corrected chi connectivity index (χ3v) is 10.5. The van der Waals surface area contributed by atoms with Crippen LogP contribution in [0.15, 0.2) is 18.2 Å². The van der Waals surface area contributed by atoms with E-state index < -0.39 is 20.4 Å². The third-order valence-electron chi connectivity index (χ3n) is 7.02. The Morgan fingerprint density at radius 1 is 1.04 bits per heavy atom. The summed E-state index contributed by atoms with van der Waals surface area (Å²) in [6.07, 6.45) is 10.2. The van der Waals surface area contributed by atoms with Crippen LogP contribution in [0.3, 0.4) is 0 Å². The average molecular weight is 365 g/mol. The molecule has 0 spiro atoms. The van der Waals surface area contributed by atoms with E-state index in [0.717, 1.165) is 11.5 Å². The molecule has 0 radical (unpaired) electrons. The van der Waals surface area contributed by atoms with Crippen LogP contribution in [-0.2, 0) is 5.41 Å². The number of halogens is 2. The van der Waals surface area contributed by atoms with Gasteiger partial charge in [0.1, 0.15) is 0 Å². The zero-order valence-electron chi connectivity index (χ0n) is 16.0. The SMILES string of the molecule is CC(C)CC[SiH]1CCC(C2(c3ccc(F)c(F)c3)CCCCC2)CC1. The van der Waals surface area contributed by atoms with E-state index >= 15 is 0 Å². The normalized spacial score (nSPS) is 26.8. The maximum Gasteiger partial charge on any atom is 0.159 e. The predicted molar refractivity (Wildman–Crippen MR) is 105 cm³/mol. The molecule has 1 heterocycles. The van der Waals surface area contributed by atoms with E-state index in [9.17, 15) is 8.78 Å². The Hall–Kier alpha value is -0.703. The molecule has 3 rings (SSSR count). The minimum absolute atomic E-state index is 0.115. The molecule has 1 saturated heterocycles. The summed E-state index contributed by atoms with van der Waals surface area (Å²) in [5.41, 5.74) is 1.20. The Balaban J connectivity index is 1.74. The van der Waals surface area contributed by atoms with Gasteiger partial charge in [0.15, 0.2) is 11.6 Å². The molecular weight excluding hydrogens is 330 g/mol. The maximum absolute atomic E-state index is 13.9. The maximum atomic E-state index is 13.9. The number of hydrogen-bond donors (Lipinski definition) is 0. The summed E-state index contributed by atoms with van der Waals surface area (Å²) in [4.78, 5) is 0. The third kappa shape index (κ3) is 4.35. The van der Waals surface area contributed by atoms with Crippen LogP contribution >= 0.6 is 0 Å². The molecule has 0 nitrogen and oxygen atoms in total. The molecule has 0 bridgehead atoms. The van der Waals surface area contributed by atoms with Crippen LogP contribution in [0.5, 0.6) is 0 Å². The molecule has 0 atom stereocenters. The molecule has 0 unspecified atom stereocenters. The van der Waals surface area contributed by atoms with Crippen molar-refractivity contribution in [3.63, 3.8) is 0 Å². The molecule has 1 aromatic rings. The largest absolute Gasteiger partial charge is 0.204 e. The quantitative estimate of drug-likeness (QED) is 0.501. The van der Waals surface area contributed by atoms with Gasteiger partial charge in [0, 0.05) is 8.80 Å². The van der Waals surface area contributed by atoms with Gasteiger partial charge in [0.25, 0.3) is 0 Å². The first kappa shape index (κ1) is 19.1. The fraction of sp³-hybridized carbons (Fsp3) is 0.727. The fourth-order valence-electron chi connectivity index (χ4n) is 5.49. The highest BCUT2D eigenvalue weighted by Gasteiger charge is 2.42. The fourth-order valence-corrected chi connectivity index (χ4v) is 9.25.